The molecule has 2 aromatic heterocycles. The van der Waals surface area contributed by atoms with Crippen molar-refractivity contribution in [2.75, 3.05) is 26.3 Å². The van der Waals surface area contributed by atoms with E-state index >= 15 is 0 Å². The second-order valence-electron chi connectivity index (χ2n) is 5.41. The van der Waals surface area contributed by atoms with Crippen molar-refractivity contribution in [1.82, 2.24) is 20.5 Å². The maximum atomic E-state index is 12.4. The summed E-state index contributed by atoms with van der Waals surface area (Å²) in [6, 6.07) is 3.77. The third-order valence-corrected chi connectivity index (χ3v) is 4.06. The Hall–Kier alpha value is -1.96. The van der Waals surface area contributed by atoms with E-state index in [1.165, 1.54) is 0 Å². The number of Topliss-reactive ketones (excluding diaryl/α,β-unsaturated/α-hetero) is 1. The van der Waals surface area contributed by atoms with Crippen molar-refractivity contribution in [3.05, 3.63) is 40.3 Å². The molecule has 2 N–H and O–H groups in total. The zero-order chi connectivity index (χ0) is 16.9. The molecule has 1 aliphatic heterocycles. The van der Waals surface area contributed by atoms with Crippen LogP contribution in [0.1, 0.15) is 34.8 Å². The Balaban J connectivity index is 1.66. The van der Waals surface area contributed by atoms with Gasteiger partial charge in [0.2, 0.25) is 0 Å². The van der Waals surface area contributed by atoms with Crippen LogP contribution < -0.4 is 10.1 Å². The topological polar surface area (TPSA) is 89.1 Å². The zero-order valence-electron chi connectivity index (χ0n) is 13.3. The van der Waals surface area contributed by atoms with Gasteiger partial charge in [0.15, 0.2) is 5.78 Å². The molecule has 0 saturated carbocycles. The zero-order valence-corrected chi connectivity index (χ0v) is 14.1. The number of morpholine rings is 1. The molecule has 0 spiro atoms. The SMILES string of the molecule is CCOc1n[nH]c(C(=O)Cc2ccc([C@H]3CNCCO3)nc2)c1Cl. The molecule has 8 heteroatoms. The minimum absolute atomic E-state index is 0.0423. The van der Waals surface area contributed by atoms with Crippen molar-refractivity contribution in [3.63, 3.8) is 0 Å². The molecule has 0 unspecified atom stereocenters. The summed E-state index contributed by atoms with van der Waals surface area (Å²) in [7, 11) is 0. The maximum Gasteiger partial charge on any atom is 0.252 e. The highest BCUT2D eigenvalue weighted by atomic mass is 35.5. The van der Waals surface area contributed by atoms with Crippen LogP contribution in [0.25, 0.3) is 0 Å². The van der Waals surface area contributed by atoms with Crippen molar-refractivity contribution >= 4 is 17.4 Å². The van der Waals surface area contributed by atoms with Crippen molar-refractivity contribution in [2.24, 2.45) is 0 Å². The number of H-pyrrole nitrogens is 1. The number of pyridine rings is 1. The van der Waals surface area contributed by atoms with Crippen LogP contribution in [0.3, 0.4) is 0 Å². The standard InChI is InChI=1S/C16H19ClN4O3/c1-2-23-16-14(17)15(20-21-16)12(22)7-10-3-4-11(19-8-10)13-9-18-5-6-24-13/h3-4,8,13,18H,2,5-7,9H2,1H3,(H,20,21)/t13-/m1/s1. The summed E-state index contributed by atoms with van der Waals surface area (Å²) >= 11 is 6.11. The second kappa shape index (κ2) is 7.74. The lowest BCUT2D eigenvalue weighted by atomic mass is 10.1. The number of rotatable bonds is 6. The highest BCUT2D eigenvalue weighted by Crippen LogP contribution is 2.26. The van der Waals surface area contributed by atoms with Gasteiger partial charge in [-0.3, -0.25) is 14.9 Å². The molecule has 0 amide bonds. The summed E-state index contributed by atoms with van der Waals surface area (Å²) in [4.78, 5) is 16.8. The molecule has 3 rings (SSSR count). The Labute approximate surface area is 144 Å². The Morgan fingerprint density at radius 1 is 1.50 bits per heavy atom. The van der Waals surface area contributed by atoms with Gasteiger partial charge in [0, 0.05) is 25.7 Å². The quantitative estimate of drug-likeness (QED) is 0.774. The van der Waals surface area contributed by atoms with Gasteiger partial charge < -0.3 is 14.8 Å². The Kier molecular flexibility index (Phi) is 5.44. The van der Waals surface area contributed by atoms with E-state index in [0.29, 0.717) is 13.2 Å². The molecular formula is C16H19ClN4O3. The summed E-state index contributed by atoms with van der Waals surface area (Å²) < 4.78 is 10.9. The van der Waals surface area contributed by atoms with Gasteiger partial charge in [-0.15, -0.1) is 5.10 Å². The van der Waals surface area contributed by atoms with E-state index in [9.17, 15) is 4.79 Å². The van der Waals surface area contributed by atoms with Crippen LogP contribution in [0.4, 0.5) is 0 Å². The molecular weight excluding hydrogens is 332 g/mol. The van der Waals surface area contributed by atoms with Crippen LogP contribution in [-0.4, -0.2) is 47.3 Å². The molecule has 0 bridgehead atoms. The van der Waals surface area contributed by atoms with Gasteiger partial charge in [-0.2, -0.15) is 0 Å². The average Bonchev–Trinajstić information content (AvgIpc) is 2.98. The number of aromatic nitrogens is 3. The first-order chi connectivity index (χ1) is 11.7. The fourth-order valence-corrected chi connectivity index (χ4v) is 2.73. The first-order valence-electron chi connectivity index (χ1n) is 7.86. The molecule has 0 radical (unpaired) electrons. The van der Waals surface area contributed by atoms with Crippen molar-refractivity contribution < 1.29 is 14.3 Å². The fraction of sp³-hybridized carbons (Fsp3) is 0.438. The van der Waals surface area contributed by atoms with Gasteiger partial charge in [0.05, 0.1) is 18.9 Å². The van der Waals surface area contributed by atoms with E-state index in [1.54, 1.807) is 6.20 Å². The molecule has 1 atom stereocenters. The average molecular weight is 351 g/mol. The van der Waals surface area contributed by atoms with Crippen molar-refractivity contribution in [2.45, 2.75) is 19.4 Å². The lowest BCUT2D eigenvalue weighted by Gasteiger charge is -2.23. The number of carbonyl (C=O) groups excluding carboxylic acids is 1. The molecule has 3 heterocycles. The minimum Gasteiger partial charge on any atom is -0.476 e. The van der Waals surface area contributed by atoms with E-state index in [2.05, 4.69) is 20.5 Å². The molecule has 1 aliphatic rings. The Morgan fingerprint density at radius 2 is 2.38 bits per heavy atom. The largest absolute Gasteiger partial charge is 0.476 e. The van der Waals surface area contributed by atoms with Gasteiger partial charge in [-0.1, -0.05) is 17.7 Å². The summed E-state index contributed by atoms with van der Waals surface area (Å²) in [5.74, 6) is 0.0847. The number of hydrogen-bond donors (Lipinski definition) is 2. The van der Waals surface area contributed by atoms with Gasteiger partial charge in [0.1, 0.15) is 16.8 Å². The number of ether oxygens (including phenoxy) is 2. The molecule has 1 fully saturated rings. The molecule has 0 aromatic carbocycles. The number of ketones is 1. The summed E-state index contributed by atoms with van der Waals surface area (Å²) in [5.41, 5.74) is 1.91. The normalized spacial score (nSPS) is 17.7. The third-order valence-electron chi connectivity index (χ3n) is 3.71. The monoisotopic (exact) mass is 350 g/mol. The van der Waals surface area contributed by atoms with E-state index in [4.69, 9.17) is 21.1 Å². The molecule has 2 aromatic rings. The van der Waals surface area contributed by atoms with Crippen LogP contribution in [-0.2, 0) is 11.2 Å². The Morgan fingerprint density at radius 3 is 3.04 bits per heavy atom. The predicted octanol–water partition coefficient (Wildman–Crippen LogP) is 1.94. The number of hydrogen-bond acceptors (Lipinski definition) is 6. The van der Waals surface area contributed by atoms with Crippen molar-refractivity contribution in [3.8, 4) is 5.88 Å². The highest BCUT2D eigenvalue weighted by Gasteiger charge is 2.20. The number of carbonyl (C=O) groups is 1. The lowest BCUT2D eigenvalue weighted by molar-refractivity contribution is 0.0250. The van der Waals surface area contributed by atoms with Crippen LogP contribution in [0.15, 0.2) is 18.3 Å². The van der Waals surface area contributed by atoms with E-state index in [-0.39, 0.29) is 34.9 Å². The maximum absolute atomic E-state index is 12.4. The molecule has 1 saturated heterocycles. The van der Waals surface area contributed by atoms with Crippen LogP contribution in [0, 0.1) is 0 Å². The third kappa shape index (κ3) is 3.75. The first-order valence-corrected chi connectivity index (χ1v) is 8.23. The number of aromatic amines is 1. The molecule has 128 valence electrons. The summed E-state index contributed by atoms with van der Waals surface area (Å²) in [5, 5.41) is 10.0. The van der Waals surface area contributed by atoms with Crippen molar-refractivity contribution in [1.29, 1.82) is 0 Å². The summed E-state index contributed by atoms with van der Waals surface area (Å²) in [6.45, 7) is 4.53. The molecule has 24 heavy (non-hydrogen) atoms. The van der Waals surface area contributed by atoms with Crippen LogP contribution in [0.2, 0.25) is 5.02 Å². The van der Waals surface area contributed by atoms with Gasteiger partial charge in [-0.25, -0.2) is 0 Å². The van der Waals surface area contributed by atoms with E-state index in [1.807, 2.05) is 19.1 Å². The van der Waals surface area contributed by atoms with Crippen LogP contribution >= 0.6 is 11.6 Å². The van der Waals surface area contributed by atoms with Gasteiger partial charge in [-0.05, 0) is 18.6 Å². The Bertz CT molecular complexity index is 696. The second-order valence-corrected chi connectivity index (χ2v) is 5.78. The van der Waals surface area contributed by atoms with E-state index in [0.717, 1.165) is 24.3 Å². The van der Waals surface area contributed by atoms with Crippen LogP contribution in [0.5, 0.6) is 5.88 Å². The number of nitrogens with one attached hydrogen (secondary N) is 2. The number of nitrogens with zero attached hydrogens (tertiary/aromatic N) is 2. The smallest absolute Gasteiger partial charge is 0.252 e. The fourth-order valence-electron chi connectivity index (χ4n) is 2.49. The predicted molar refractivity (Wildman–Crippen MR) is 88.6 cm³/mol. The number of halogens is 1. The van der Waals surface area contributed by atoms with Gasteiger partial charge in [0.25, 0.3) is 5.88 Å². The first kappa shape index (κ1) is 16.9. The highest BCUT2D eigenvalue weighted by molar-refractivity contribution is 6.35. The van der Waals surface area contributed by atoms with E-state index < -0.39 is 0 Å². The summed E-state index contributed by atoms with van der Waals surface area (Å²) in [6.07, 6.45) is 1.84. The molecule has 7 nitrogen and oxygen atoms in total. The molecule has 0 aliphatic carbocycles. The lowest BCUT2D eigenvalue weighted by Crippen LogP contribution is -2.33. The minimum atomic E-state index is -0.163. The van der Waals surface area contributed by atoms with Gasteiger partial charge >= 0.3 is 0 Å².